The van der Waals surface area contributed by atoms with Crippen LogP contribution in [0.5, 0.6) is 0 Å². The van der Waals surface area contributed by atoms with E-state index in [4.69, 9.17) is 0 Å². The minimum atomic E-state index is -0.551. The average molecular weight is 261 g/mol. The highest BCUT2D eigenvalue weighted by Gasteiger charge is 2.14. The first-order chi connectivity index (χ1) is 9.08. The van der Waals surface area contributed by atoms with E-state index in [1.54, 1.807) is 0 Å². The van der Waals surface area contributed by atoms with Gasteiger partial charge >= 0.3 is 0 Å². The van der Waals surface area contributed by atoms with Crippen molar-refractivity contribution < 1.29 is 8.78 Å². The quantitative estimate of drug-likeness (QED) is 0.861. The van der Waals surface area contributed by atoms with E-state index in [0.29, 0.717) is 5.56 Å². The maximum Gasteiger partial charge on any atom is 0.130 e. The molecule has 100 valence electrons. The van der Waals surface area contributed by atoms with Crippen molar-refractivity contribution in [2.75, 3.05) is 0 Å². The minimum absolute atomic E-state index is 0.0978. The van der Waals surface area contributed by atoms with Crippen LogP contribution in [-0.4, -0.2) is 0 Å². The molecular weight excluding hydrogens is 244 g/mol. The first-order valence-electron chi connectivity index (χ1n) is 6.34. The third-order valence-corrected chi connectivity index (χ3v) is 3.23. The van der Waals surface area contributed by atoms with Crippen molar-refractivity contribution in [3.8, 4) is 0 Å². The lowest BCUT2D eigenvalue weighted by atomic mass is 10.0. The fourth-order valence-electron chi connectivity index (χ4n) is 2.16. The van der Waals surface area contributed by atoms with Gasteiger partial charge in [-0.25, -0.2) is 8.78 Å². The third kappa shape index (κ3) is 3.38. The second kappa shape index (κ2) is 5.93. The van der Waals surface area contributed by atoms with Crippen molar-refractivity contribution >= 4 is 0 Å². The summed E-state index contributed by atoms with van der Waals surface area (Å²) in [5.74, 6) is -1.06. The summed E-state index contributed by atoms with van der Waals surface area (Å²) in [7, 11) is 0. The van der Waals surface area contributed by atoms with E-state index in [2.05, 4.69) is 5.32 Å². The Labute approximate surface area is 112 Å². The normalized spacial score (nSPS) is 14.1. The number of benzene rings is 2. The van der Waals surface area contributed by atoms with Crippen molar-refractivity contribution in [2.45, 2.75) is 25.9 Å². The van der Waals surface area contributed by atoms with Gasteiger partial charge in [0.05, 0.1) is 0 Å². The summed E-state index contributed by atoms with van der Waals surface area (Å²) in [5, 5.41) is 3.31. The standard InChI is InChI=1S/C16H17F2N/c1-11(13-6-4-3-5-7-13)19-12(2)15-9-8-14(17)10-16(15)18/h3-12,19H,1-2H3/t11-,12?/m0/s1. The molecule has 19 heavy (non-hydrogen) atoms. The lowest BCUT2D eigenvalue weighted by Crippen LogP contribution is -2.23. The average Bonchev–Trinajstić information content (AvgIpc) is 2.39. The van der Waals surface area contributed by atoms with Crippen LogP contribution < -0.4 is 5.32 Å². The molecule has 1 N–H and O–H groups in total. The van der Waals surface area contributed by atoms with Gasteiger partial charge in [-0.2, -0.15) is 0 Å². The SMILES string of the molecule is CC(N[C@@H](C)c1ccccc1)c1ccc(F)cc1F. The van der Waals surface area contributed by atoms with E-state index in [1.807, 2.05) is 44.2 Å². The number of rotatable bonds is 4. The smallest absolute Gasteiger partial charge is 0.130 e. The van der Waals surface area contributed by atoms with Crippen molar-refractivity contribution in [1.29, 1.82) is 0 Å². The van der Waals surface area contributed by atoms with Gasteiger partial charge in [0.25, 0.3) is 0 Å². The van der Waals surface area contributed by atoms with Gasteiger partial charge in [-0.05, 0) is 25.5 Å². The Hall–Kier alpha value is -1.74. The Morgan fingerprint density at radius 2 is 1.58 bits per heavy atom. The zero-order chi connectivity index (χ0) is 13.8. The summed E-state index contributed by atoms with van der Waals surface area (Å²) in [6, 6.07) is 13.5. The van der Waals surface area contributed by atoms with E-state index in [1.165, 1.54) is 12.1 Å². The highest BCUT2D eigenvalue weighted by atomic mass is 19.1. The van der Waals surface area contributed by atoms with Gasteiger partial charge in [-0.15, -0.1) is 0 Å². The molecule has 0 aliphatic carbocycles. The predicted octanol–water partition coefficient (Wildman–Crippen LogP) is 4.38. The van der Waals surface area contributed by atoms with Crippen molar-refractivity contribution in [3.63, 3.8) is 0 Å². The van der Waals surface area contributed by atoms with Crippen molar-refractivity contribution in [1.82, 2.24) is 5.32 Å². The molecule has 0 spiro atoms. The fraction of sp³-hybridized carbons (Fsp3) is 0.250. The Morgan fingerprint density at radius 1 is 0.895 bits per heavy atom. The summed E-state index contributed by atoms with van der Waals surface area (Å²) < 4.78 is 26.6. The third-order valence-electron chi connectivity index (χ3n) is 3.23. The highest BCUT2D eigenvalue weighted by molar-refractivity contribution is 5.23. The van der Waals surface area contributed by atoms with E-state index in [-0.39, 0.29) is 12.1 Å². The molecule has 0 saturated heterocycles. The second-order valence-electron chi connectivity index (χ2n) is 4.69. The molecule has 2 aromatic carbocycles. The molecule has 0 aliphatic heterocycles. The molecule has 2 rings (SSSR count). The lowest BCUT2D eigenvalue weighted by molar-refractivity contribution is 0.470. The van der Waals surface area contributed by atoms with Crippen LogP contribution in [0.15, 0.2) is 48.5 Å². The number of hydrogen-bond acceptors (Lipinski definition) is 1. The van der Waals surface area contributed by atoms with E-state index in [0.717, 1.165) is 11.6 Å². The molecule has 0 heterocycles. The molecule has 1 unspecified atom stereocenters. The molecule has 0 radical (unpaired) electrons. The van der Waals surface area contributed by atoms with E-state index < -0.39 is 11.6 Å². The molecule has 0 aromatic heterocycles. The maximum absolute atomic E-state index is 13.7. The van der Waals surface area contributed by atoms with Crippen LogP contribution in [0.1, 0.15) is 37.1 Å². The van der Waals surface area contributed by atoms with Gasteiger partial charge in [0.1, 0.15) is 11.6 Å². The van der Waals surface area contributed by atoms with Crippen LogP contribution in [0.2, 0.25) is 0 Å². The van der Waals surface area contributed by atoms with E-state index >= 15 is 0 Å². The Balaban J connectivity index is 2.10. The van der Waals surface area contributed by atoms with Gasteiger partial charge in [0, 0.05) is 23.7 Å². The van der Waals surface area contributed by atoms with Gasteiger partial charge < -0.3 is 5.32 Å². The van der Waals surface area contributed by atoms with Gasteiger partial charge in [0.15, 0.2) is 0 Å². The van der Waals surface area contributed by atoms with Crippen LogP contribution in [0.3, 0.4) is 0 Å². The second-order valence-corrected chi connectivity index (χ2v) is 4.69. The first-order valence-corrected chi connectivity index (χ1v) is 6.34. The van der Waals surface area contributed by atoms with Crippen molar-refractivity contribution in [3.05, 3.63) is 71.3 Å². The summed E-state index contributed by atoms with van der Waals surface area (Å²) in [4.78, 5) is 0. The number of halogens is 2. The zero-order valence-electron chi connectivity index (χ0n) is 11.0. The molecule has 1 nitrogen and oxygen atoms in total. The Bertz CT molecular complexity index is 540. The van der Waals surface area contributed by atoms with E-state index in [9.17, 15) is 8.78 Å². The fourth-order valence-corrected chi connectivity index (χ4v) is 2.16. The first kappa shape index (κ1) is 13.7. The maximum atomic E-state index is 13.7. The molecule has 0 bridgehead atoms. The molecule has 0 fully saturated rings. The molecule has 0 saturated carbocycles. The Morgan fingerprint density at radius 3 is 2.21 bits per heavy atom. The summed E-state index contributed by atoms with van der Waals surface area (Å²) >= 11 is 0. The number of hydrogen-bond donors (Lipinski definition) is 1. The summed E-state index contributed by atoms with van der Waals surface area (Å²) in [5.41, 5.74) is 1.61. The van der Waals surface area contributed by atoms with Gasteiger partial charge in [-0.1, -0.05) is 36.4 Å². The molecule has 0 amide bonds. The zero-order valence-corrected chi connectivity index (χ0v) is 11.0. The van der Waals surface area contributed by atoms with Gasteiger partial charge in [-0.3, -0.25) is 0 Å². The minimum Gasteiger partial charge on any atom is -0.304 e. The highest BCUT2D eigenvalue weighted by Crippen LogP contribution is 2.21. The van der Waals surface area contributed by atoms with Crippen LogP contribution >= 0.6 is 0 Å². The Kier molecular flexibility index (Phi) is 4.27. The van der Waals surface area contributed by atoms with Crippen LogP contribution in [0, 0.1) is 11.6 Å². The topological polar surface area (TPSA) is 12.0 Å². The van der Waals surface area contributed by atoms with Crippen LogP contribution in [0.25, 0.3) is 0 Å². The van der Waals surface area contributed by atoms with Crippen molar-refractivity contribution in [2.24, 2.45) is 0 Å². The molecule has 0 aliphatic rings. The largest absolute Gasteiger partial charge is 0.304 e. The molecule has 3 heteroatoms. The lowest BCUT2D eigenvalue weighted by Gasteiger charge is -2.21. The predicted molar refractivity (Wildman–Crippen MR) is 72.8 cm³/mol. The summed E-state index contributed by atoms with van der Waals surface area (Å²) in [6.45, 7) is 3.89. The van der Waals surface area contributed by atoms with Crippen LogP contribution in [-0.2, 0) is 0 Å². The molecule has 2 atom stereocenters. The summed E-state index contributed by atoms with van der Waals surface area (Å²) in [6.07, 6.45) is 0. The monoisotopic (exact) mass is 261 g/mol. The molecular formula is C16H17F2N. The van der Waals surface area contributed by atoms with Crippen LogP contribution in [0.4, 0.5) is 8.78 Å². The molecule has 2 aromatic rings. The van der Waals surface area contributed by atoms with Gasteiger partial charge in [0.2, 0.25) is 0 Å². The number of nitrogens with one attached hydrogen (secondary N) is 1.